The Kier molecular flexibility index (Phi) is 3.15. The van der Waals surface area contributed by atoms with Crippen molar-refractivity contribution < 1.29 is 9.13 Å². The fraction of sp³-hybridized carbons (Fsp3) is 0.400. The summed E-state index contributed by atoms with van der Waals surface area (Å²) in [7, 11) is 0. The molecule has 0 N–H and O–H groups in total. The van der Waals surface area contributed by atoms with E-state index in [1.54, 1.807) is 0 Å². The molecule has 0 saturated heterocycles. The van der Waals surface area contributed by atoms with Gasteiger partial charge in [0.25, 0.3) is 0 Å². The molecular weight excluding hydrogens is 306 g/mol. The van der Waals surface area contributed by atoms with Gasteiger partial charge in [0, 0.05) is 6.07 Å². The van der Waals surface area contributed by atoms with Crippen molar-refractivity contribution in [3.8, 4) is 5.75 Å². The number of alkyl halides is 1. The van der Waals surface area contributed by atoms with E-state index in [-0.39, 0.29) is 10.6 Å². The average Bonchev–Trinajstić information content (AvgIpc) is 2.95. The van der Waals surface area contributed by atoms with E-state index in [2.05, 4.69) is 15.9 Å². The van der Waals surface area contributed by atoms with Crippen LogP contribution >= 0.6 is 39.1 Å². The predicted octanol–water partition coefficient (Wildman–Crippen LogP) is 4.39. The lowest BCUT2D eigenvalue weighted by atomic mass is 10.3. The van der Waals surface area contributed by atoms with Crippen LogP contribution in [0.15, 0.2) is 16.6 Å². The highest BCUT2D eigenvalue weighted by Gasteiger charge is 2.45. The van der Waals surface area contributed by atoms with Crippen LogP contribution in [0.5, 0.6) is 5.75 Å². The van der Waals surface area contributed by atoms with Gasteiger partial charge in [-0.2, -0.15) is 0 Å². The van der Waals surface area contributed by atoms with Crippen LogP contribution in [-0.2, 0) is 0 Å². The number of halogens is 4. The van der Waals surface area contributed by atoms with Gasteiger partial charge in [-0.15, -0.1) is 11.6 Å². The van der Waals surface area contributed by atoms with Crippen LogP contribution in [0.1, 0.15) is 12.8 Å². The van der Waals surface area contributed by atoms with E-state index in [0.717, 1.165) is 12.8 Å². The Morgan fingerprint density at radius 3 is 2.67 bits per heavy atom. The van der Waals surface area contributed by atoms with Crippen LogP contribution < -0.4 is 4.74 Å². The van der Waals surface area contributed by atoms with Crippen molar-refractivity contribution >= 4 is 39.1 Å². The molecule has 1 aliphatic rings. The first-order chi connectivity index (χ1) is 7.06. The van der Waals surface area contributed by atoms with Crippen molar-refractivity contribution in [2.75, 3.05) is 5.88 Å². The first-order valence-corrected chi connectivity index (χ1v) is 6.16. The van der Waals surface area contributed by atoms with Gasteiger partial charge in [-0.3, -0.25) is 0 Å². The summed E-state index contributed by atoms with van der Waals surface area (Å²) >= 11 is 14.7. The Labute approximate surface area is 106 Å². The second kappa shape index (κ2) is 4.11. The van der Waals surface area contributed by atoms with Gasteiger partial charge in [-0.1, -0.05) is 11.6 Å². The molecular formula is C10H8BrCl2FO. The number of ether oxygens (including phenoxy) is 1. The molecule has 0 amide bonds. The summed E-state index contributed by atoms with van der Waals surface area (Å²) < 4.78 is 19.5. The third-order valence-corrected chi connectivity index (χ3v) is 3.75. The van der Waals surface area contributed by atoms with Crippen molar-refractivity contribution in [2.45, 2.75) is 18.4 Å². The minimum absolute atomic E-state index is 0.0740. The monoisotopic (exact) mass is 312 g/mol. The minimum Gasteiger partial charge on any atom is -0.485 e. The average molecular weight is 314 g/mol. The first kappa shape index (κ1) is 11.5. The highest BCUT2D eigenvalue weighted by Crippen LogP contribution is 2.43. The van der Waals surface area contributed by atoms with E-state index in [1.165, 1.54) is 12.1 Å². The largest absolute Gasteiger partial charge is 0.485 e. The van der Waals surface area contributed by atoms with Gasteiger partial charge in [-0.05, 0) is 34.8 Å². The minimum atomic E-state index is -0.486. The Morgan fingerprint density at radius 2 is 2.13 bits per heavy atom. The highest BCUT2D eigenvalue weighted by molar-refractivity contribution is 9.10. The third kappa shape index (κ3) is 2.40. The van der Waals surface area contributed by atoms with Crippen molar-refractivity contribution in [1.29, 1.82) is 0 Å². The van der Waals surface area contributed by atoms with Crippen LogP contribution in [-0.4, -0.2) is 11.5 Å². The van der Waals surface area contributed by atoms with Crippen molar-refractivity contribution in [2.24, 2.45) is 0 Å². The van der Waals surface area contributed by atoms with Gasteiger partial charge in [-0.25, -0.2) is 4.39 Å². The smallest absolute Gasteiger partial charge is 0.145 e. The van der Waals surface area contributed by atoms with Crippen LogP contribution in [0.25, 0.3) is 0 Å². The van der Waals surface area contributed by atoms with Gasteiger partial charge in [0.2, 0.25) is 0 Å². The SMILES string of the molecule is Fc1cc(OC2(CCl)CC2)c(Br)cc1Cl. The fourth-order valence-corrected chi connectivity index (χ4v) is 2.26. The van der Waals surface area contributed by atoms with Crippen LogP contribution in [0.2, 0.25) is 5.02 Å². The molecule has 0 bridgehead atoms. The summed E-state index contributed by atoms with van der Waals surface area (Å²) in [5, 5.41) is 0.0740. The fourth-order valence-electron chi connectivity index (χ4n) is 1.22. The molecule has 0 atom stereocenters. The molecule has 1 fully saturated rings. The summed E-state index contributed by atoms with van der Waals surface area (Å²) in [4.78, 5) is 0. The standard InChI is InChI=1S/C10H8BrCl2FO/c11-6-3-7(13)8(14)4-9(6)15-10(5-12)1-2-10/h3-4H,1-2,5H2. The number of hydrogen-bond acceptors (Lipinski definition) is 1. The van der Waals surface area contributed by atoms with E-state index in [0.29, 0.717) is 16.1 Å². The normalized spacial score (nSPS) is 17.6. The second-order valence-corrected chi connectivity index (χ2v) is 5.14. The summed E-state index contributed by atoms with van der Waals surface area (Å²) in [6, 6.07) is 2.76. The van der Waals surface area contributed by atoms with E-state index in [1.807, 2.05) is 0 Å². The molecule has 0 aliphatic heterocycles. The molecule has 0 radical (unpaired) electrons. The molecule has 0 aromatic heterocycles. The summed E-state index contributed by atoms with van der Waals surface area (Å²) in [6.45, 7) is 0. The van der Waals surface area contributed by atoms with Crippen molar-refractivity contribution in [3.05, 3.63) is 27.4 Å². The zero-order valence-electron chi connectivity index (χ0n) is 7.70. The highest BCUT2D eigenvalue weighted by atomic mass is 79.9. The molecule has 0 unspecified atom stereocenters. The quantitative estimate of drug-likeness (QED) is 0.594. The van der Waals surface area contributed by atoms with Crippen molar-refractivity contribution in [3.63, 3.8) is 0 Å². The molecule has 0 heterocycles. The topological polar surface area (TPSA) is 9.23 Å². The Morgan fingerprint density at radius 1 is 1.47 bits per heavy atom. The molecule has 15 heavy (non-hydrogen) atoms. The van der Waals surface area contributed by atoms with Crippen LogP contribution in [0.4, 0.5) is 4.39 Å². The van der Waals surface area contributed by atoms with Gasteiger partial charge in [0.15, 0.2) is 0 Å². The van der Waals surface area contributed by atoms with Gasteiger partial charge in [0.1, 0.15) is 17.2 Å². The summed E-state index contributed by atoms with van der Waals surface area (Å²) in [6.07, 6.45) is 1.82. The first-order valence-electron chi connectivity index (χ1n) is 4.46. The number of rotatable bonds is 3. The van der Waals surface area contributed by atoms with Crippen molar-refractivity contribution in [1.82, 2.24) is 0 Å². The third-order valence-electron chi connectivity index (χ3n) is 2.35. The second-order valence-electron chi connectivity index (χ2n) is 3.62. The molecule has 1 nitrogen and oxygen atoms in total. The zero-order chi connectivity index (χ0) is 11.1. The van der Waals surface area contributed by atoms with Gasteiger partial charge < -0.3 is 4.74 Å². The van der Waals surface area contributed by atoms with Gasteiger partial charge in [0.05, 0.1) is 15.4 Å². The maximum absolute atomic E-state index is 13.2. The lowest BCUT2D eigenvalue weighted by molar-refractivity contribution is 0.201. The van der Waals surface area contributed by atoms with Crippen LogP contribution in [0.3, 0.4) is 0 Å². The maximum atomic E-state index is 13.2. The molecule has 2 rings (SSSR count). The molecule has 1 aliphatic carbocycles. The number of benzene rings is 1. The predicted molar refractivity (Wildman–Crippen MR) is 62.4 cm³/mol. The van der Waals surface area contributed by atoms with E-state index < -0.39 is 5.82 Å². The lowest BCUT2D eigenvalue weighted by Gasteiger charge is -2.16. The van der Waals surface area contributed by atoms with Gasteiger partial charge >= 0.3 is 0 Å². The van der Waals surface area contributed by atoms with E-state index >= 15 is 0 Å². The molecule has 82 valence electrons. The Balaban J connectivity index is 2.25. The lowest BCUT2D eigenvalue weighted by Crippen LogP contribution is -2.20. The van der Waals surface area contributed by atoms with Crippen LogP contribution in [0, 0.1) is 5.82 Å². The molecule has 1 saturated carbocycles. The zero-order valence-corrected chi connectivity index (χ0v) is 10.8. The maximum Gasteiger partial charge on any atom is 0.145 e. The molecule has 1 aromatic carbocycles. The molecule has 1 aromatic rings. The Bertz CT molecular complexity index is 393. The molecule has 0 spiro atoms. The Hall–Kier alpha value is 0.01000. The number of hydrogen-bond donors (Lipinski definition) is 0. The van der Waals surface area contributed by atoms with E-state index in [9.17, 15) is 4.39 Å². The summed E-state index contributed by atoms with van der Waals surface area (Å²) in [5.74, 6) is 0.388. The summed E-state index contributed by atoms with van der Waals surface area (Å²) in [5.41, 5.74) is -0.301. The van der Waals surface area contributed by atoms with E-state index in [4.69, 9.17) is 27.9 Å². The molecule has 5 heteroatoms.